The summed E-state index contributed by atoms with van der Waals surface area (Å²) < 4.78 is 0. The lowest BCUT2D eigenvalue weighted by molar-refractivity contribution is 0.662. The number of hydrogen-bond acceptors (Lipinski definition) is 4. The van der Waals surface area contributed by atoms with Crippen molar-refractivity contribution < 1.29 is 0 Å². The van der Waals surface area contributed by atoms with E-state index in [4.69, 9.17) is 0 Å². The maximum absolute atomic E-state index is 4.53. The Kier molecular flexibility index (Phi) is 5.22. The van der Waals surface area contributed by atoms with Crippen LogP contribution in [0.3, 0.4) is 0 Å². The van der Waals surface area contributed by atoms with E-state index in [0.717, 1.165) is 18.1 Å². The topological polar surface area (TPSA) is 28.2 Å². The predicted molar refractivity (Wildman–Crippen MR) is 72.4 cm³/mol. The molecule has 0 saturated carbocycles. The van der Waals surface area contributed by atoms with E-state index in [9.17, 15) is 0 Å². The van der Waals surface area contributed by atoms with Crippen LogP contribution in [0.25, 0.3) is 0 Å². The highest BCUT2D eigenvalue weighted by Gasteiger charge is 2.15. The van der Waals surface area contributed by atoms with Crippen molar-refractivity contribution in [1.82, 2.24) is 10.3 Å². The summed E-state index contributed by atoms with van der Waals surface area (Å²) in [6.07, 6.45) is 3.15. The van der Waals surface area contributed by atoms with Gasteiger partial charge >= 0.3 is 0 Å². The maximum atomic E-state index is 4.53. The molecule has 0 aliphatic heterocycles. The van der Waals surface area contributed by atoms with Gasteiger partial charge in [0.05, 0.1) is 0 Å². The van der Waals surface area contributed by atoms with Crippen molar-refractivity contribution in [2.24, 2.45) is 0 Å². The van der Waals surface area contributed by atoms with Crippen molar-refractivity contribution in [1.29, 1.82) is 0 Å². The van der Waals surface area contributed by atoms with Gasteiger partial charge in [0.1, 0.15) is 0 Å². The minimum atomic E-state index is 0.391. The van der Waals surface area contributed by atoms with Crippen molar-refractivity contribution >= 4 is 16.5 Å². The Bertz CT molecular complexity index is 309. The van der Waals surface area contributed by atoms with Gasteiger partial charge in [0.15, 0.2) is 5.13 Å². The van der Waals surface area contributed by atoms with Gasteiger partial charge in [-0.3, -0.25) is 0 Å². The fraction of sp³-hybridized carbons (Fsp3) is 0.750. The largest absolute Gasteiger partial charge is 0.346 e. The number of aromatic nitrogens is 1. The standard InChI is InChI=1S/C12H23N3S/c1-6-7-15(9(2)3)12-14-8-11(16-12)10(4)13-5/h8-10,13H,6-7H2,1-5H3. The molecule has 1 rings (SSSR count). The summed E-state index contributed by atoms with van der Waals surface area (Å²) in [6, 6.07) is 0.908. The average molecular weight is 241 g/mol. The van der Waals surface area contributed by atoms with Crippen LogP contribution in [-0.4, -0.2) is 24.6 Å². The Balaban J connectivity index is 2.81. The van der Waals surface area contributed by atoms with Gasteiger partial charge in [0.25, 0.3) is 0 Å². The van der Waals surface area contributed by atoms with Crippen molar-refractivity contribution in [3.63, 3.8) is 0 Å². The highest BCUT2D eigenvalue weighted by molar-refractivity contribution is 7.15. The molecular formula is C12H23N3S. The molecule has 0 aromatic carbocycles. The average Bonchev–Trinajstić information content (AvgIpc) is 2.73. The Morgan fingerprint density at radius 3 is 2.62 bits per heavy atom. The monoisotopic (exact) mass is 241 g/mol. The number of nitrogens with zero attached hydrogens (tertiary/aromatic N) is 2. The third-order valence-electron chi connectivity index (χ3n) is 2.70. The molecule has 0 aliphatic carbocycles. The lowest BCUT2D eigenvalue weighted by atomic mass is 10.3. The molecule has 0 spiro atoms. The molecule has 1 atom stereocenters. The molecule has 1 heterocycles. The normalized spacial score (nSPS) is 13.1. The van der Waals surface area contributed by atoms with Crippen molar-refractivity contribution in [2.75, 3.05) is 18.5 Å². The van der Waals surface area contributed by atoms with Crippen LogP contribution in [0.15, 0.2) is 6.20 Å². The predicted octanol–water partition coefficient (Wildman–Crippen LogP) is 3.05. The van der Waals surface area contributed by atoms with Gasteiger partial charge in [-0.25, -0.2) is 4.98 Å². The van der Waals surface area contributed by atoms with E-state index >= 15 is 0 Å². The molecule has 1 aromatic heterocycles. The van der Waals surface area contributed by atoms with Gasteiger partial charge in [-0.1, -0.05) is 6.92 Å². The van der Waals surface area contributed by atoms with E-state index in [1.165, 1.54) is 4.88 Å². The third-order valence-corrected chi connectivity index (χ3v) is 3.92. The van der Waals surface area contributed by atoms with E-state index in [-0.39, 0.29) is 0 Å². The quantitative estimate of drug-likeness (QED) is 0.829. The maximum Gasteiger partial charge on any atom is 0.185 e. The second kappa shape index (κ2) is 6.21. The zero-order valence-corrected chi connectivity index (χ0v) is 11.8. The van der Waals surface area contributed by atoms with Crippen LogP contribution < -0.4 is 10.2 Å². The summed E-state index contributed by atoms with van der Waals surface area (Å²) in [4.78, 5) is 8.21. The Labute approximate surface area is 103 Å². The first-order valence-electron chi connectivity index (χ1n) is 5.99. The lowest BCUT2D eigenvalue weighted by Gasteiger charge is -2.25. The van der Waals surface area contributed by atoms with E-state index in [2.05, 4.69) is 42.9 Å². The van der Waals surface area contributed by atoms with Crippen LogP contribution in [0.5, 0.6) is 0 Å². The van der Waals surface area contributed by atoms with Crippen LogP contribution in [0.4, 0.5) is 5.13 Å². The fourth-order valence-electron chi connectivity index (χ4n) is 1.57. The third kappa shape index (κ3) is 3.19. The molecule has 0 radical (unpaired) electrons. The summed E-state index contributed by atoms with van der Waals surface area (Å²) in [6.45, 7) is 9.89. The van der Waals surface area contributed by atoms with Crippen LogP contribution in [0.2, 0.25) is 0 Å². The first-order valence-corrected chi connectivity index (χ1v) is 6.81. The fourth-order valence-corrected chi connectivity index (χ4v) is 2.70. The molecule has 4 heteroatoms. The highest BCUT2D eigenvalue weighted by atomic mass is 32.1. The summed E-state index contributed by atoms with van der Waals surface area (Å²) in [5.41, 5.74) is 0. The molecule has 1 unspecified atom stereocenters. The van der Waals surface area contributed by atoms with Crippen molar-refractivity contribution in [3.8, 4) is 0 Å². The second-order valence-electron chi connectivity index (χ2n) is 4.34. The molecule has 0 bridgehead atoms. The number of nitrogens with one attached hydrogen (secondary N) is 1. The minimum absolute atomic E-state index is 0.391. The second-order valence-corrected chi connectivity index (χ2v) is 5.38. The van der Waals surface area contributed by atoms with Crippen LogP contribution in [0, 0.1) is 0 Å². The number of hydrogen-bond donors (Lipinski definition) is 1. The zero-order valence-electron chi connectivity index (χ0n) is 10.9. The summed E-state index contributed by atoms with van der Waals surface area (Å²) >= 11 is 1.79. The van der Waals surface area contributed by atoms with Gasteiger partial charge in [0, 0.05) is 29.7 Å². The van der Waals surface area contributed by atoms with Gasteiger partial charge < -0.3 is 10.2 Å². The van der Waals surface area contributed by atoms with Gasteiger partial charge in [0.2, 0.25) is 0 Å². The molecule has 0 aliphatic rings. The summed E-state index contributed by atoms with van der Waals surface area (Å²) in [7, 11) is 1.98. The zero-order chi connectivity index (χ0) is 12.1. The van der Waals surface area contributed by atoms with E-state index in [1.54, 1.807) is 11.3 Å². The molecular weight excluding hydrogens is 218 g/mol. The Hall–Kier alpha value is -0.610. The van der Waals surface area contributed by atoms with Gasteiger partial charge in [-0.2, -0.15) is 0 Å². The van der Waals surface area contributed by atoms with E-state index in [0.29, 0.717) is 12.1 Å². The van der Waals surface area contributed by atoms with Crippen molar-refractivity contribution in [3.05, 3.63) is 11.1 Å². The number of thiazole rings is 1. The lowest BCUT2D eigenvalue weighted by Crippen LogP contribution is -2.31. The van der Waals surface area contributed by atoms with E-state index < -0.39 is 0 Å². The van der Waals surface area contributed by atoms with E-state index in [1.807, 2.05) is 13.2 Å². The summed E-state index contributed by atoms with van der Waals surface area (Å²) in [5.74, 6) is 0. The number of rotatable bonds is 6. The van der Waals surface area contributed by atoms with Crippen LogP contribution in [0.1, 0.15) is 45.0 Å². The Morgan fingerprint density at radius 2 is 2.12 bits per heavy atom. The van der Waals surface area contributed by atoms with Gasteiger partial charge in [-0.05, 0) is 34.2 Å². The summed E-state index contributed by atoms with van der Waals surface area (Å²) in [5, 5.41) is 4.39. The van der Waals surface area contributed by atoms with Crippen LogP contribution in [-0.2, 0) is 0 Å². The van der Waals surface area contributed by atoms with Gasteiger partial charge in [-0.15, -0.1) is 11.3 Å². The van der Waals surface area contributed by atoms with Crippen LogP contribution >= 0.6 is 11.3 Å². The SMILES string of the molecule is CCCN(c1ncc(C(C)NC)s1)C(C)C. The highest BCUT2D eigenvalue weighted by Crippen LogP contribution is 2.28. The molecule has 16 heavy (non-hydrogen) atoms. The smallest absolute Gasteiger partial charge is 0.185 e. The number of anilines is 1. The molecule has 92 valence electrons. The first-order chi connectivity index (χ1) is 7.60. The molecule has 3 nitrogen and oxygen atoms in total. The first kappa shape index (κ1) is 13.5. The van der Waals surface area contributed by atoms with Crippen molar-refractivity contribution in [2.45, 2.75) is 46.2 Å². The molecule has 0 fully saturated rings. The molecule has 1 N–H and O–H groups in total. The minimum Gasteiger partial charge on any atom is -0.346 e. The molecule has 0 amide bonds. The Morgan fingerprint density at radius 1 is 1.44 bits per heavy atom. The molecule has 0 saturated heterocycles. The molecule has 1 aromatic rings.